The van der Waals surface area contributed by atoms with Crippen LogP contribution in [0.4, 0.5) is 17.6 Å². The highest BCUT2D eigenvalue weighted by molar-refractivity contribution is 6.30. The summed E-state index contributed by atoms with van der Waals surface area (Å²) in [4.78, 5) is 25.8. The average molecular weight is 484 g/mol. The number of carbonyl (C=O) groups excluding carboxylic acids is 1. The molecule has 3 aromatic rings. The Kier molecular flexibility index (Phi) is 7.19. The Hall–Kier alpha value is -3.24. The van der Waals surface area contributed by atoms with Gasteiger partial charge < -0.3 is 10.4 Å². The minimum absolute atomic E-state index is 0.0222. The van der Waals surface area contributed by atoms with Gasteiger partial charge in [0.2, 0.25) is 0 Å². The van der Waals surface area contributed by atoms with Crippen LogP contribution in [0.5, 0.6) is 0 Å². The van der Waals surface area contributed by atoms with Crippen molar-refractivity contribution in [3.63, 3.8) is 0 Å². The molecular formula is C22H18ClF4N3O3. The number of hydrogen-bond donors (Lipinski definition) is 2. The van der Waals surface area contributed by atoms with Gasteiger partial charge in [0.25, 0.3) is 17.9 Å². The lowest BCUT2D eigenvalue weighted by Gasteiger charge is -2.30. The van der Waals surface area contributed by atoms with Gasteiger partial charge in [0.15, 0.2) is 0 Å². The minimum atomic E-state index is -3.33. The fourth-order valence-corrected chi connectivity index (χ4v) is 3.12. The third kappa shape index (κ3) is 5.40. The Morgan fingerprint density at radius 3 is 2.45 bits per heavy atom. The van der Waals surface area contributed by atoms with Crippen molar-refractivity contribution in [3.05, 3.63) is 81.4 Å². The number of aromatic nitrogens is 2. The number of hydrogen-bond acceptors (Lipinski definition) is 4. The van der Waals surface area contributed by atoms with Crippen molar-refractivity contribution in [2.75, 3.05) is 6.67 Å². The molecule has 0 saturated carbocycles. The summed E-state index contributed by atoms with van der Waals surface area (Å²) in [6.07, 6.45) is -3.33. The maximum atomic E-state index is 13.8. The van der Waals surface area contributed by atoms with Gasteiger partial charge in [0, 0.05) is 10.6 Å². The highest BCUT2D eigenvalue weighted by Crippen LogP contribution is 2.22. The zero-order valence-electron chi connectivity index (χ0n) is 17.1. The molecule has 1 heterocycles. The number of amides is 1. The molecule has 2 N–H and O–H groups in total. The van der Waals surface area contributed by atoms with Gasteiger partial charge in [-0.2, -0.15) is 9.78 Å². The van der Waals surface area contributed by atoms with Crippen LogP contribution in [0.2, 0.25) is 5.02 Å². The SMILES string of the molecule is CC(O)(CF)[C@H](NC(=O)c1cc(-c2ccc(Cl)cc2)nn(-c2cccc(F)c2)c1=O)C(F)F. The van der Waals surface area contributed by atoms with Crippen LogP contribution in [0.3, 0.4) is 0 Å². The third-order valence-electron chi connectivity index (χ3n) is 4.83. The Morgan fingerprint density at radius 2 is 1.88 bits per heavy atom. The van der Waals surface area contributed by atoms with Gasteiger partial charge in [-0.05, 0) is 43.3 Å². The Balaban J connectivity index is 2.16. The van der Waals surface area contributed by atoms with Gasteiger partial charge in [-0.3, -0.25) is 9.59 Å². The van der Waals surface area contributed by atoms with Gasteiger partial charge in [-0.15, -0.1) is 0 Å². The zero-order chi connectivity index (χ0) is 24.3. The van der Waals surface area contributed by atoms with Crippen molar-refractivity contribution >= 4 is 17.5 Å². The number of carbonyl (C=O) groups is 1. The van der Waals surface area contributed by atoms with Crippen LogP contribution in [-0.2, 0) is 0 Å². The molecule has 0 fully saturated rings. The first-order valence-corrected chi connectivity index (χ1v) is 9.95. The molecule has 0 saturated heterocycles. The van der Waals surface area contributed by atoms with Crippen molar-refractivity contribution < 1.29 is 27.5 Å². The second-order valence-corrected chi connectivity index (χ2v) is 7.86. The molecular weight excluding hydrogens is 466 g/mol. The maximum Gasteiger partial charge on any atom is 0.284 e. The number of aliphatic hydroxyl groups is 1. The van der Waals surface area contributed by atoms with E-state index in [0.717, 1.165) is 29.8 Å². The lowest BCUT2D eigenvalue weighted by Crippen LogP contribution is -2.57. The van der Waals surface area contributed by atoms with Crippen molar-refractivity contribution in [2.24, 2.45) is 0 Å². The van der Waals surface area contributed by atoms with E-state index in [-0.39, 0.29) is 11.4 Å². The molecule has 1 aromatic heterocycles. The number of nitrogens with one attached hydrogen (secondary N) is 1. The summed E-state index contributed by atoms with van der Waals surface area (Å²) in [5.41, 5.74) is -3.78. The monoisotopic (exact) mass is 483 g/mol. The molecule has 1 unspecified atom stereocenters. The fraction of sp³-hybridized carbons (Fsp3) is 0.227. The number of alkyl halides is 3. The zero-order valence-corrected chi connectivity index (χ0v) is 17.9. The first-order chi connectivity index (χ1) is 15.5. The van der Waals surface area contributed by atoms with Crippen molar-refractivity contribution in [1.29, 1.82) is 0 Å². The summed E-state index contributed by atoms with van der Waals surface area (Å²) >= 11 is 5.89. The summed E-state index contributed by atoms with van der Waals surface area (Å²) in [5.74, 6) is -1.97. The van der Waals surface area contributed by atoms with Crippen LogP contribution in [0.1, 0.15) is 17.3 Å². The summed E-state index contributed by atoms with van der Waals surface area (Å²) in [6.45, 7) is -0.775. The fourth-order valence-electron chi connectivity index (χ4n) is 2.99. The van der Waals surface area contributed by atoms with E-state index in [1.807, 2.05) is 5.32 Å². The average Bonchev–Trinajstić information content (AvgIpc) is 2.77. The van der Waals surface area contributed by atoms with E-state index in [2.05, 4.69) is 5.10 Å². The molecule has 0 aliphatic carbocycles. The van der Waals surface area contributed by atoms with Gasteiger partial charge in [0.05, 0.1) is 11.4 Å². The van der Waals surface area contributed by atoms with Gasteiger partial charge in [-0.1, -0.05) is 29.8 Å². The number of benzene rings is 2. The predicted molar refractivity (Wildman–Crippen MR) is 114 cm³/mol. The number of nitrogens with zero attached hydrogens (tertiary/aromatic N) is 2. The Labute approximate surface area is 190 Å². The first-order valence-electron chi connectivity index (χ1n) is 9.57. The Bertz CT molecular complexity index is 1220. The highest BCUT2D eigenvalue weighted by Gasteiger charge is 2.40. The molecule has 0 radical (unpaired) electrons. The van der Waals surface area contributed by atoms with E-state index in [1.54, 1.807) is 12.1 Å². The van der Waals surface area contributed by atoms with Crippen LogP contribution in [0.25, 0.3) is 16.9 Å². The van der Waals surface area contributed by atoms with E-state index >= 15 is 0 Å². The topological polar surface area (TPSA) is 84.2 Å². The second-order valence-electron chi connectivity index (χ2n) is 7.42. The lowest BCUT2D eigenvalue weighted by molar-refractivity contribution is -0.0567. The normalized spacial score (nSPS) is 14.1. The Morgan fingerprint density at radius 1 is 1.21 bits per heavy atom. The van der Waals surface area contributed by atoms with Crippen LogP contribution >= 0.6 is 11.6 Å². The number of halogens is 5. The summed E-state index contributed by atoms with van der Waals surface area (Å²) in [6, 6.07) is 9.72. The van der Waals surface area contributed by atoms with Gasteiger partial charge in [0.1, 0.15) is 29.7 Å². The molecule has 2 aromatic carbocycles. The molecule has 0 aliphatic heterocycles. The molecule has 1 amide bonds. The van der Waals surface area contributed by atoms with Crippen molar-refractivity contribution in [3.8, 4) is 16.9 Å². The smallest absolute Gasteiger partial charge is 0.284 e. The standard InChI is InChI=1S/C22H18ClF4N3O3/c1-22(33,11-24)18(19(26)27)28-20(31)16-10-17(12-5-7-13(23)8-6-12)29-30(21(16)32)15-4-2-3-14(25)9-15/h2-10,18-19,33H,11H2,1H3,(H,28,31)/t18-,22?/m1/s1. The largest absolute Gasteiger partial charge is 0.385 e. The predicted octanol–water partition coefficient (Wildman–Crippen LogP) is 3.78. The molecule has 0 bridgehead atoms. The van der Waals surface area contributed by atoms with E-state index in [9.17, 15) is 32.3 Å². The van der Waals surface area contributed by atoms with Crippen LogP contribution in [0, 0.1) is 5.82 Å². The molecule has 3 rings (SSSR count). The summed E-state index contributed by atoms with van der Waals surface area (Å²) < 4.78 is 54.5. The van der Waals surface area contributed by atoms with Gasteiger partial charge >= 0.3 is 0 Å². The molecule has 0 aliphatic rings. The third-order valence-corrected chi connectivity index (χ3v) is 5.08. The quantitative estimate of drug-likeness (QED) is 0.501. The minimum Gasteiger partial charge on any atom is -0.385 e. The van der Waals surface area contributed by atoms with Gasteiger partial charge in [-0.25, -0.2) is 17.6 Å². The van der Waals surface area contributed by atoms with Crippen molar-refractivity contribution in [1.82, 2.24) is 15.1 Å². The first kappa shape index (κ1) is 24.4. The van der Waals surface area contributed by atoms with E-state index in [1.165, 1.54) is 24.3 Å². The summed E-state index contributed by atoms with van der Waals surface area (Å²) in [5, 5.41) is 16.3. The molecule has 11 heteroatoms. The highest BCUT2D eigenvalue weighted by atomic mass is 35.5. The van der Waals surface area contributed by atoms with Crippen molar-refractivity contribution in [2.45, 2.75) is 25.0 Å². The molecule has 2 atom stereocenters. The second kappa shape index (κ2) is 9.72. The van der Waals surface area contributed by atoms with Crippen LogP contribution < -0.4 is 10.9 Å². The molecule has 6 nitrogen and oxygen atoms in total. The lowest BCUT2D eigenvalue weighted by atomic mass is 9.98. The molecule has 33 heavy (non-hydrogen) atoms. The number of rotatable bonds is 7. The molecule has 0 spiro atoms. The van der Waals surface area contributed by atoms with E-state index in [0.29, 0.717) is 10.6 Å². The van der Waals surface area contributed by atoms with Crippen LogP contribution in [0.15, 0.2) is 59.4 Å². The van der Waals surface area contributed by atoms with E-state index in [4.69, 9.17) is 11.6 Å². The van der Waals surface area contributed by atoms with E-state index < -0.39 is 47.6 Å². The summed E-state index contributed by atoms with van der Waals surface area (Å²) in [7, 11) is 0. The van der Waals surface area contributed by atoms with Crippen LogP contribution in [-0.4, -0.2) is 45.5 Å². The molecule has 174 valence electrons. The maximum absolute atomic E-state index is 13.8.